The lowest BCUT2D eigenvalue weighted by Gasteiger charge is -2.20. The van der Waals surface area contributed by atoms with Crippen molar-refractivity contribution in [2.45, 2.75) is 19.4 Å². The molecule has 1 aliphatic rings. The van der Waals surface area contributed by atoms with E-state index in [1.54, 1.807) is 42.3 Å². The minimum Gasteiger partial charge on any atom is -0.495 e. The van der Waals surface area contributed by atoms with Crippen molar-refractivity contribution in [2.75, 3.05) is 23.9 Å². The summed E-state index contributed by atoms with van der Waals surface area (Å²) >= 11 is 0. The third-order valence-electron chi connectivity index (χ3n) is 5.03. The summed E-state index contributed by atoms with van der Waals surface area (Å²) in [7, 11) is 1.56. The molecule has 31 heavy (non-hydrogen) atoms. The number of aromatic nitrogens is 1. The van der Waals surface area contributed by atoms with Crippen LogP contribution in [0.3, 0.4) is 0 Å². The van der Waals surface area contributed by atoms with Crippen molar-refractivity contribution in [3.63, 3.8) is 0 Å². The minimum atomic E-state index is -0.296. The number of hydrogen-bond acceptors (Lipinski definition) is 5. The molecule has 0 unspecified atom stereocenters. The molecule has 3 aromatic rings. The summed E-state index contributed by atoms with van der Waals surface area (Å²) in [5.41, 5.74) is 2.67. The summed E-state index contributed by atoms with van der Waals surface area (Å²) in [6.45, 7) is 1.00. The van der Waals surface area contributed by atoms with Gasteiger partial charge in [0.1, 0.15) is 12.4 Å². The van der Waals surface area contributed by atoms with Crippen LogP contribution in [0.25, 0.3) is 0 Å². The summed E-state index contributed by atoms with van der Waals surface area (Å²) in [6.07, 6.45) is 2.86. The van der Waals surface area contributed by atoms with Crippen LogP contribution in [0.15, 0.2) is 66.9 Å². The molecule has 4 rings (SSSR count). The quantitative estimate of drug-likeness (QED) is 0.627. The van der Waals surface area contributed by atoms with Gasteiger partial charge in [0.25, 0.3) is 5.91 Å². The highest BCUT2D eigenvalue weighted by atomic mass is 16.5. The summed E-state index contributed by atoms with van der Waals surface area (Å²) < 4.78 is 11.1. The molecule has 2 aromatic carbocycles. The molecule has 2 amide bonds. The molecule has 0 saturated carbocycles. The Balaban J connectivity index is 1.47. The lowest BCUT2D eigenvalue weighted by Crippen LogP contribution is -2.24. The fourth-order valence-corrected chi connectivity index (χ4v) is 3.45. The lowest BCUT2D eigenvalue weighted by molar-refractivity contribution is -0.117. The Morgan fingerprint density at radius 1 is 1.13 bits per heavy atom. The lowest BCUT2D eigenvalue weighted by atomic mass is 10.2. The number of ether oxygens (including phenoxy) is 2. The topological polar surface area (TPSA) is 80.8 Å². The average molecular weight is 417 g/mol. The van der Waals surface area contributed by atoms with Crippen molar-refractivity contribution in [2.24, 2.45) is 0 Å². The van der Waals surface area contributed by atoms with E-state index >= 15 is 0 Å². The normalized spacial score (nSPS) is 13.2. The SMILES string of the molecule is COc1ccc(NC(=O)c2ccnc(OCc3ccccc3)c2)cc1N1CCCC1=O. The first kappa shape index (κ1) is 20.4. The van der Waals surface area contributed by atoms with Crippen LogP contribution in [-0.2, 0) is 11.4 Å². The summed E-state index contributed by atoms with van der Waals surface area (Å²) in [5, 5.41) is 2.87. The number of hydrogen-bond donors (Lipinski definition) is 1. The van der Waals surface area contributed by atoms with E-state index in [9.17, 15) is 9.59 Å². The minimum absolute atomic E-state index is 0.0520. The number of carbonyl (C=O) groups excluding carboxylic acids is 2. The maximum atomic E-state index is 12.8. The van der Waals surface area contributed by atoms with Gasteiger partial charge in [0.15, 0.2) is 0 Å². The van der Waals surface area contributed by atoms with Gasteiger partial charge < -0.3 is 19.7 Å². The molecule has 2 heterocycles. The Hall–Kier alpha value is -3.87. The monoisotopic (exact) mass is 417 g/mol. The van der Waals surface area contributed by atoms with Gasteiger partial charge in [-0.15, -0.1) is 0 Å². The van der Waals surface area contributed by atoms with E-state index in [4.69, 9.17) is 9.47 Å². The number of anilines is 2. The van der Waals surface area contributed by atoms with Gasteiger partial charge in [0.05, 0.1) is 12.8 Å². The zero-order chi connectivity index (χ0) is 21.6. The summed E-state index contributed by atoms with van der Waals surface area (Å²) in [6, 6.07) is 18.2. The Morgan fingerprint density at radius 3 is 2.71 bits per heavy atom. The molecular formula is C24H23N3O4. The predicted molar refractivity (Wildman–Crippen MR) is 118 cm³/mol. The Kier molecular flexibility index (Phi) is 6.12. The number of nitrogens with zero attached hydrogens (tertiary/aromatic N) is 2. The molecular weight excluding hydrogens is 394 g/mol. The van der Waals surface area contributed by atoms with Crippen LogP contribution in [0.5, 0.6) is 11.6 Å². The second kappa shape index (κ2) is 9.30. The molecule has 0 aliphatic carbocycles. The molecule has 7 heteroatoms. The maximum Gasteiger partial charge on any atom is 0.255 e. The van der Waals surface area contributed by atoms with E-state index in [0.717, 1.165) is 12.0 Å². The average Bonchev–Trinajstić information content (AvgIpc) is 3.24. The van der Waals surface area contributed by atoms with Gasteiger partial charge in [-0.3, -0.25) is 9.59 Å². The highest BCUT2D eigenvalue weighted by Crippen LogP contribution is 2.34. The Morgan fingerprint density at radius 2 is 1.97 bits per heavy atom. The zero-order valence-electron chi connectivity index (χ0n) is 17.2. The van der Waals surface area contributed by atoms with Crippen molar-refractivity contribution in [1.29, 1.82) is 0 Å². The Bertz CT molecular complexity index is 1090. The third-order valence-corrected chi connectivity index (χ3v) is 5.03. The van der Waals surface area contributed by atoms with Crippen LogP contribution in [0.1, 0.15) is 28.8 Å². The number of benzene rings is 2. The smallest absolute Gasteiger partial charge is 0.255 e. The molecule has 1 fully saturated rings. The van der Waals surface area contributed by atoms with Crippen LogP contribution in [0.4, 0.5) is 11.4 Å². The van der Waals surface area contributed by atoms with Gasteiger partial charge in [-0.2, -0.15) is 0 Å². The molecule has 0 bridgehead atoms. The van der Waals surface area contributed by atoms with Crippen LogP contribution in [-0.4, -0.2) is 30.5 Å². The number of pyridine rings is 1. The van der Waals surface area contributed by atoms with E-state index in [1.807, 2.05) is 30.3 Å². The first-order valence-electron chi connectivity index (χ1n) is 10.1. The van der Waals surface area contributed by atoms with Gasteiger partial charge in [-0.25, -0.2) is 4.98 Å². The zero-order valence-corrected chi connectivity index (χ0v) is 17.2. The first-order chi connectivity index (χ1) is 15.1. The molecule has 1 N–H and O–H groups in total. The molecule has 1 saturated heterocycles. The molecule has 1 aliphatic heterocycles. The first-order valence-corrected chi connectivity index (χ1v) is 10.1. The van der Waals surface area contributed by atoms with Crippen molar-refractivity contribution >= 4 is 23.2 Å². The fourth-order valence-electron chi connectivity index (χ4n) is 3.45. The van der Waals surface area contributed by atoms with Crippen LogP contribution >= 0.6 is 0 Å². The molecule has 7 nitrogen and oxygen atoms in total. The van der Waals surface area contributed by atoms with Crippen molar-refractivity contribution in [3.05, 3.63) is 78.0 Å². The standard InChI is InChI=1S/C24H23N3O4/c1-30-21-10-9-19(15-20(21)27-13-5-8-23(27)28)26-24(29)18-11-12-25-22(14-18)31-16-17-6-3-2-4-7-17/h2-4,6-7,9-12,14-15H,5,8,13,16H2,1H3,(H,26,29). The van der Waals surface area contributed by atoms with E-state index in [-0.39, 0.29) is 11.8 Å². The second-order valence-electron chi connectivity index (χ2n) is 7.15. The summed E-state index contributed by atoms with van der Waals surface area (Å²) in [5.74, 6) is 0.718. The highest BCUT2D eigenvalue weighted by molar-refractivity contribution is 6.05. The van der Waals surface area contributed by atoms with E-state index < -0.39 is 0 Å². The molecule has 0 atom stereocenters. The van der Waals surface area contributed by atoms with E-state index in [2.05, 4.69) is 10.3 Å². The maximum absolute atomic E-state index is 12.8. The largest absolute Gasteiger partial charge is 0.495 e. The van der Waals surface area contributed by atoms with Gasteiger partial charge in [0, 0.05) is 36.5 Å². The van der Waals surface area contributed by atoms with Gasteiger partial charge in [-0.1, -0.05) is 30.3 Å². The van der Waals surface area contributed by atoms with Crippen LogP contribution in [0.2, 0.25) is 0 Å². The number of nitrogens with one attached hydrogen (secondary N) is 1. The van der Waals surface area contributed by atoms with Crippen molar-refractivity contribution in [3.8, 4) is 11.6 Å². The van der Waals surface area contributed by atoms with Crippen LogP contribution < -0.4 is 19.7 Å². The molecule has 1 aromatic heterocycles. The van der Waals surface area contributed by atoms with E-state index in [0.29, 0.717) is 48.1 Å². The number of rotatable bonds is 7. The second-order valence-corrected chi connectivity index (χ2v) is 7.15. The Labute approximate surface area is 180 Å². The van der Waals surface area contributed by atoms with Gasteiger partial charge in [-0.05, 0) is 36.2 Å². The van der Waals surface area contributed by atoms with Gasteiger partial charge >= 0.3 is 0 Å². The molecule has 0 radical (unpaired) electrons. The van der Waals surface area contributed by atoms with Crippen LogP contribution in [0, 0.1) is 0 Å². The van der Waals surface area contributed by atoms with Crippen molar-refractivity contribution in [1.82, 2.24) is 4.98 Å². The number of carbonyl (C=O) groups is 2. The highest BCUT2D eigenvalue weighted by Gasteiger charge is 2.25. The molecule has 158 valence electrons. The van der Waals surface area contributed by atoms with Gasteiger partial charge in [0.2, 0.25) is 11.8 Å². The molecule has 0 spiro atoms. The summed E-state index contributed by atoms with van der Waals surface area (Å²) in [4.78, 5) is 30.8. The fraction of sp³-hybridized carbons (Fsp3) is 0.208. The van der Waals surface area contributed by atoms with Crippen molar-refractivity contribution < 1.29 is 19.1 Å². The number of amides is 2. The van der Waals surface area contributed by atoms with E-state index in [1.165, 1.54) is 6.20 Å². The predicted octanol–water partition coefficient (Wildman–Crippen LogP) is 4.05. The third kappa shape index (κ3) is 4.83. The number of methoxy groups -OCH3 is 1.